The number of carbonyl (C=O) groups excluding carboxylic acids is 1. The van der Waals surface area contributed by atoms with Gasteiger partial charge in [-0.25, -0.2) is 4.79 Å². The Hall–Kier alpha value is -1.59. The van der Waals surface area contributed by atoms with Crippen LogP contribution >= 0.6 is 0 Å². The Balaban J connectivity index is 1.76. The van der Waals surface area contributed by atoms with Crippen molar-refractivity contribution in [1.29, 1.82) is 0 Å². The van der Waals surface area contributed by atoms with Gasteiger partial charge in [-0.15, -0.1) is 0 Å². The lowest BCUT2D eigenvalue weighted by atomic mass is 10.1. The first-order valence-corrected chi connectivity index (χ1v) is 7.62. The first-order valence-electron chi connectivity index (χ1n) is 7.62. The van der Waals surface area contributed by atoms with Crippen molar-refractivity contribution in [2.75, 3.05) is 25.5 Å². The van der Waals surface area contributed by atoms with Crippen molar-refractivity contribution in [2.45, 2.75) is 38.3 Å². The molecule has 1 heterocycles. The van der Waals surface area contributed by atoms with E-state index in [2.05, 4.69) is 22.9 Å². The monoisotopic (exact) mass is 291 g/mol. The molecule has 2 amide bonds. The molecule has 1 aliphatic heterocycles. The van der Waals surface area contributed by atoms with Gasteiger partial charge in [-0.3, -0.25) is 0 Å². The molecule has 1 fully saturated rings. The van der Waals surface area contributed by atoms with Crippen LogP contribution in [0.2, 0.25) is 0 Å². The Morgan fingerprint density at radius 1 is 1.48 bits per heavy atom. The van der Waals surface area contributed by atoms with Gasteiger partial charge in [0.2, 0.25) is 0 Å². The zero-order chi connectivity index (χ0) is 15.1. The van der Waals surface area contributed by atoms with Crippen LogP contribution in [0.25, 0.3) is 0 Å². The van der Waals surface area contributed by atoms with Crippen LogP contribution in [0.1, 0.15) is 37.8 Å². The van der Waals surface area contributed by atoms with Crippen molar-refractivity contribution in [2.24, 2.45) is 0 Å². The molecule has 3 N–H and O–H groups in total. The number of amides is 2. The second kappa shape index (κ2) is 8.00. The van der Waals surface area contributed by atoms with E-state index in [9.17, 15) is 4.79 Å². The minimum atomic E-state index is -0.165. The highest BCUT2D eigenvalue weighted by atomic mass is 16.5. The third kappa shape index (κ3) is 5.02. The van der Waals surface area contributed by atoms with Gasteiger partial charge in [0, 0.05) is 24.9 Å². The van der Waals surface area contributed by atoms with Gasteiger partial charge in [0.15, 0.2) is 0 Å². The Bertz CT molecular complexity index is 459. The summed E-state index contributed by atoms with van der Waals surface area (Å²) in [6.45, 7) is 3.58. The summed E-state index contributed by atoms with van der Waals surface area (Å²) >= 11 is 0. The lowest BCUT2D eigenvalue weighted by Gasteiger charge is -2.13. The van der Waals surface area contributed by atoms with Crippen molar-refractivity contribution < 1.29 is 9.53 Å². The lowest BCUT2D eigenvalue weighted by molar-refractivity contribution is 0.105. The second-order valence-corrected chi connectivity index (χ2v) is 5.44. The molecule has 5 heteroatoms. The van der Waals surface area contributed by atoms with Crippen LogP contribution < -0.4 is 16.0 Å². The van der Waals surface area contributed by atoms with Gasteiger partial charge in [-0.05, 0) is 50.9 Å². The fourth-order valence-electron chi connectivity index (χ4n) is 2.45. The first-order chi connectivity index (χ1) is 10.2. The summed E-state index contributed by atoms with van der Waals surface area (Å²) in [5, 5.41) is 8.93. The van der Waals surface area contributed by atoms with Crippen molar-refractivity contribution in [1.82, 2.24) is 10.6 Å². The molecule has 0 aliphatic carbocycles. The van der Waals surface area contributed by atoms with Crippen LogP contribution in [0.15, 0.2) is 24.3 Å². The molecule has 116 valence electrons. The van der Waals surface area contributed by atoms with Crippen LogP contribution in [0.5, 0.6) is 0 Å². The Kier molecular flexibility index (Phi) is 6.02. The number of benzene rings is 1. The van der Waals surface area contributed by atoms with E-state index in [0.29, 0.717) is 12.6 Å². The Morgan fingerprint density at radius 2 is 2.33 bits per heavy atom. The van der Waals surface area contributed by atoms with Gasteiger partial charge in [0.05, 0.1) is 6.10 Å². The molecule has 2 rings (SSSR count). The second-order valence-electron chi connectivity index (χ2n) is 5.44. The van der Waals surface area contributed by atoms with Crippen molar-refractivity contribution in [3.63, 3.8) is 0 Å². The lowest BCUT2D eigenvalue weighted by Crippen LogP contribution is -2.31. The van der Waals surface area contributed by atoms with Gasteiger partial charge in [-0.1, -0.05) is 12.1 Å². The molecular formula is C16H25N3O2. The molecule has 5 nitrogen and oxygen atoms in total. The predicted molar refractivity (Wildman–Crippen MR) is 84.5 cm³/mol. The number of hydrogen-bond donors (Lipinski definition) is 3. The van der Waals surface area contributed by atoms with Crippen molar-refractivity contribution in [3.8, 4) is 0 Å². The van der Waals surface area contributed by atoms with Gasteiger partial charge < -0.3 is 20.7 Å². The topological polar surface area (TPSA) is 62.4 Å². The summed E-state index contributed by atoms with van der Waals surface area (Å²) in [4.78, 5) is 11.9. The van der Waals surface area contributed by atoms with Gasteiger partial charge in [0.1, 0.15) is 0 Å². The molecule has 0 spiro atoms. The summed E-state index contributed by atoms with van der Waals surface area (Å²) in [5.41, 5.74) is 1.96. The predicted octanol–water partition coefficient (Wildman–Crippen LogP) is 2.66. The smallest absolute Gasteiger partial charge is 0.319 e. The quantitative estimate of drug-likeness (QED) is 0.755. The van der Waals surface area contributed by atoms with Crippen LogP contribution in [-0.4, -0.2) is 32.3 Å². The van der Waals surface area contributed by atoms with E-state index in [-0.39, 0.29) is 12.1 Å². The number of anilines is 1. The average Bonchev–Trinajstić information content (AvgIpc) is 3.00. The summed E-state index contributed by atoms with van der Waals surface area (Å²) in [5.74, 6) is 0. The van der Waals surface area contributed by atoms with Crippen LogP contribution in [-0.2, 0) is 4.74 Å². The third-order valence-electron chi connectivity index (χ3n) is 3.85. The number of hydrogen-bond acceptors (Lipinski definition) is 3. The minimum absolute atomic E-state index is 0.165. The minimum Gasteiger partial charge on any atom is -0.378 e. The third-order valence-corrected chi connectivity index (χ3v) is 3.85. The molecule has 2 unspecified atom stereocenters. The molecule has 21 heavy (non-hydrogen) atoms. The maximum Gasteiger partial charge on any atom is 0.319 e. The molecule has 1 saturated heterocycles. The van der Waals surface area contributed by atoms with E-state index in [0.717, 1.165) is 37.1 Å². The number of nitrogens with one attached hydrogen (secondary N) is 3. The summed E-state index contributed by atoms with van der Waals surface area (Å²) in [6, 6.07) is 7.97. The summed E-state index contributed by atoms with van der Waals surface area (Å²) < 4.78 is 5.53. The molecule has 1 aromatic carbocycles. The largest absolute Gasteiger partial charge is 0.378 e. The highest BCUT2D eigenvalue weighted by molar-refractivity contribution is 5.89. The van der Waals surface area contributed by atoms with Gasteiger partial charge in [0.25, 0.3) is 0 Å². The number of rotatable bonds is 6. The molecule has 0 bridgehead atoms. The number of urea groups is 1. The molecule has 0 radical (unpaired) electrons. The molecule has 1 aromatic rings. The van der Waals surface area contributed by atoms with Crippen LogP contribution in [0, 0.1) is 0 Å². The van der Waals surface area contributed by atoms with E-state index < -0.39 is 0 Å². The van der Waals surface area contributed by atoms with E-state index in [1.54, 1.807) is 0 Å². The van der Waals surface area contributed by atoms with Crippen molar-refractivity contribution >= 4 is 11.7 Å². The fourth-order valence-corrected chi connectivity index (χ4v) is 2.45. The maximum absolute atomic E-state index is 11.9. The fraction of sp³-hybridized carbons (Fsp3) is 0.562. The van der Waals surface area contributed by atoms with E-state index in [1.807, 2.05) is 31.3 Å². The summed E-state index contributed by atoms with van der Waals surface area (Å²) in [6.07, 6.45) is 3.43. The highest BCUT2D eigenvalue weighted by Crippen LogP contribution is 2.17. The van der Waals surface area contributed by atoms with E-state index in [4.69, 9.17) is 4.74 Å². The zero-order valence-electron chi connectivity index (χ0n) is 12.8. The standard InChI is InChI=1S/C16H25N3O2/c1-12(17-2)13-5-3-6-14(11-13)19-16(20)18-9-8-15-7-4-10-21-15/h3,5-6,11-12,15,17H,4,7-10H2,1-2H3,(H2,18,19,20). The van der Waals surface area contributed by atoms with Gasteiger partial charge in [-0.2, -0.15) is 0 Å². The Morgan fingerprint density at radius 3 is 3.05 bits per heavy atom. The van der Waals surface area contributed by atoms with Crippen LogP contribution in [0.3, 0.4) is 0 Å². The molecule has 2 atom stereocenters. The number of carbonyl (C=O) groups is 1. The van der Waals surface area contributed by atoms with Crippen LogP contribution in [0.4, 0.5) is 10.5 Å². The Labute approximate surface area is 126 Å². The SMILES string of the molecule is CNC(C)c1cccc(NC(=O)NCCC2CCCO2)c1. The first kappa shape index (κ1) is 15.8. The number of ether oxygens (including phenoxy) is 1. The molecule has 0 aromatic heterocycles. The zero-order valence-corrected chi connectivity index (χ0v) is 12.8. The van der Waals surface area contributed by atoms with E-state index in [1.165, 1.54) is 0 Å². The highest BCUT2D eigenvalue weighted by Gasteiger charge is 2.15. The normalized spacial score (nSPS) is 19.2. The molecule has 1 aliphatic rings. The van der Waals surface area contributed by atoms with Gasteiger partial charge >= 0.3 is 6.03 Å². The van der Waals surface area contributed by atoms with E-state index >= 15 is 0 Å². The van der Waals surface area contributed by atoms with Crippen molar-refractivity contribution in [3.05, 3.63) is 29.8 Å². The maximum atomic E-state index is 11.9. The molecule has 0 saturated carbocycles. The average molecular weight is 291 g/mol. The summed E-state index contributed by atoms with van der Waals surface area (Å²) in [7, 11) is 1.92. The molecular weight excluding hydrogens is 266 g/mol.